The molecule has 0 unspecified atom stereocenters. The van der Waals surface area contributed by atoms with E-state index >= 15 is 0 Å². The Morgan fingerprint density at radius 3 is 2.74 bits per heavy atom. The number of nitrogens with one attached hydrogen (secondary N) is 2. The van der Waals surface area contributed by atoms with E-state index in [1.165, 1.54) is 0 Å². The van der Waals surface area contributed by atoms with Crippen molar-refractivity contribution in [1.82, 2.24) is 20.4 Å². The zero-order chi connectivity index (χ0) is 14.0. The van der Waals surface area contributed by atoms with Crippen LogP contribution in [-0.4, -0.2) is 32.4 Å². The highest BCUT2D eigenvalue weighted by molar-refractivity contribution is 5.88. The molecule has 1 heterocycles. The number of hydrogen-bond donors (Lipinski definition) is 3. The van der Waals surface area contributed by atoms with Crippen molar-refractivity contribution in [1.29, 1.82) is 0 Å². The number of carbonyl (C=O) groups excluding carboxylic acids is 1. The molecule has 0 atom stereocenters. The molecule has 0 aromatic carbocycles. The van der Waals surface area contributed by atoms with Crippen LogP contribution in [0.1, 0.15) is 31.0 Å². The minimum Gasteiger partial charge on any atom is -0.480 e. The number of aromatic nitrogens is 2. The molecule has 0 aliphatic heterocycles. The zero-order valence-electron chi connectivity index (χ0n) is 11.1. The minimum atomic E-state index is -1.05. The Bertz CT molecular complexity index is 505. The fourth-order valence-electron chi connectivity index (χ4n) is 1.98. The fraction of sp³-hybridized carbons (Fsp3) is 0.583. The van der Waals surface area contributed by atoms with Crippen LogP contribution >= 0.6 is 0 Å². The second-order valence-electron chi connectivity index (χ2n) is 4.82. The van der Waals surface area contributed by atoms with Gasteiger partial charge in [0.2, 0.25) is 0 Å². The average Bonchev–Trinajstić information content (AvgIpc) is 3.04. The maximum atomic E-state index is 11.7. The van der Waals surface area contributed by atoms with Gasteiger partial charge < -0.3 is 15.7 Å². The highest BCUT2D eigenvalue weighted by Crippen LogP contribution is 2.35. The van der Waals surface area contributed by atoms with Crippen molar-refractivity contribution in [2.24, 2.45) is 7.05 Å². The second-order valence-corrected chi connectivity index (χ2v) is 4.82. The Morgan fingerprint density at radius 1 is 1.53 bits per heavy atom. The Hall–Kier alpha value is -2.05. The normalized spacial score (nSPS) is 15.9. The van der Waals surface area contributed by atoms with Gasteiger partial charge in [-0.15, -0.1) is 0 Å². The van der Waals surface area contributed by atoms with E-state index in [1.807, 2.05) is 20.2 Å². The largest absolute Gasteiger partial charge is 0.480 e. The van der Waals surface area contributed by atoms with Crippen molar-refractivity contribution in [3.05, 3.63) is 17.5 Å². The standard InChI is InChI=1S/C12H18N4O3/c1-3-9-8(7-16(2)15-9)6-13-11(19)14-12(4-5-12)10(17)18/h7H,3-6H2,1-2H3,(H,17,18)(H2,13,14,19). The summed E-state index contributed by atoms with van der Waals surface area (Å²) < 4.78 is 1.70. The van der Waals surface area contributed by atoms with Gasteiger partial charge in [-0.25, -0.2) is 9.59 Å². The van der Waals surface area contributed by atoms with Crippen molar-refractivity contribution in [3.8, 4) is 0 Å². The van der Waals surface area contributed by atoms with Crippen molar-refractivity contribution < 1.29 is 14.7 Å². The number of amides is 2. The van der Waals surface area contributed by atoms with Crippen molar-refractivity contribution >= 4 is 12.0 Å². The van der Waals surface area contributed by atoms with Gasteiger partial charge in [-0.05, 0) is 19.3 Å². The number of aliphatic carboxylic acids is 1. The molecular formula is C12H18N4O3. The van der Waals surface area contributed by atoms with E-state index in [4.69, 9.17) is 5.11 Å². The number of aryl methyl sites for hydroxylation is 2. The van der Waals surface area contributed by atoms with Crippen molar-refractivity contribution in [3.63, 3.8) is 0 Å². The molecule has 7 nitrogen and oxygen atoms in total. The van der Waals surface area contributed by atoms with E-state index in [9.17, 15) is 9.59 Å². The predicted molar refractivity (Wildman–Crippen MR) is 67.6 cm³/mol. The molecule has 3 N–H and O–H groups in total. The average molecular weight is 266 g/mol. The lowest BCUT2D eigenvalue weighted by molar-refractivity contribution is -0.140. The molecule has 0 bridgehead atoms. The van der Waals surface area contributed by atoms with Crippen LogP contribution in [0, 0.1) is 0 Å². The minimum absolute atomic E-state index is 0.346. The summed E-state index contributed by atoms with van der Waals surface area (Å²) in [5.41, 5.74) is 0.828. The summed E-state index contributed by atoms with van der Waals surface area (Å²) in [7, 11) is 1.83. The monoisotopic (exact) mass is 266 g/mol. The summed E-state index contributed by atoms with van der Waals surface area (Å²) in [5.74, 6) is -0.974. The van der Waals surface area contributed by atoms with Crippen LogP contribution < -0.4 is 10.6 Å². The fourth-order valence-corrected chi connectivity index (χ4v) is 1.98. The SMILES string of the molecule is CCc1nn(C)cc1CNC(=O)NC1(C(=O)O)CC1. The predicted octanol–water partition coefficient (Wildman–Crippen LogP) is 0.399. The van der Waals surface area contributed by atoms with Crippen molar-refractivity contribution in [2.75, 3.05) is 0 Å². The van der Waals surface area contributed by atoms with Crippen LogP contribution in [0.5, 0.6) is 0 Å². The van der Waals surface area contributed by atoms with Gasteiger partial charge in [-0.3, -0.25) is 4.68 Å². The molecule has 1 aliphatic carbocycles. The lowest BCUT2D eigenvalue weighted by Gasteiger charge is -2.13. The van der Waals surface area contributed by atoms with E-state index in [2.05, 4.69) is 15.7 Å². The van der Waals surface area contributed by atoms with Gasteiger partial charge in [0.25, 0.3) is 0 Å². The third kappa shape index (κ3) is 2.86. The molecule has 7 heteroatoms. The van der Waals surface area contributed by atoms with Gasteiger partial charge >= 0.3 is 12.0 Å². The van der Waals surface area contributed by atoms with Crippen LogP contribution in [0.15, 0.2) is 6.20 Å². The van der Waals surface area contributed by atoms with Crippen LogP contribution in [0.3, 0.4) is 0 Å². The number of nitrogens with zero attached hydrogens (tertiary/aromatic N) is 2. The highest BCUT2D eigenvalue weighted by atomic mass is 16.4. The number of carbonyl (C=O) groups is 2. The Kier molecular flexibility index (Phi) is 3.46. The number of carboxylic acids is 1. The molecule has 0 saturated heterocycles. The molecule has 1 saturated carbocycles. The van der Waals surface area contributed by atoms with Gasteiger partial charge in [-0.2, -0.15) is 5.10 Å². The van der Waals surface area contributed by atoms with E-state index < -0.39 is 17.5 Å². The first-order valence-electron chi connectivity index (χ1n) is 6.27. The molecule has 0 radical (unpaired) electrons. The summed E-state index contributed by atoms with van der Waals surface area (Å²) in [6.07, 6.45) is 3.62. The maximum absolute atomic E-state index is 11.7. The summed E-state index contributed by atoms with van der Waals surface area (Å²) in [6.45, 7) is 2.34. The van der Waals surface area contributed by atoms with Crippen LogP contribution in [0.4, 0.5) is 4.79 Å². The summed E-state index contributed by atoms with van der Waals surface area (Å²) >= 11 is 0. The third-order valence-corrected chi connectivity index (χ3v) is 3.28. The van der Waals surface area contributed by atoms with E-state index in [0.29, 0.717) is 19.4 Å². The lowest BCUT2D eigenvalue weighted by Crippen LogP contribution is -2.47. The molecule has 2 rings (SSSR count). The molecule has 0 spiro atoms. The number of carboxylic acid groups (broad SMARTS) is 1. The van der Waals surface area contributed by atoms with Crippen LogP contribution in [0.25, 0.3) is 0 Å². The maximum Gasteiger partial charge on any atom is 0.329 e. The topological polar surface area (TPSA) is 96.3 Å². The third-order valence-electron chi connectivity index (χ3n) is 3.28. The first-order valence-corrected chi connectivity index (χ1v) is 6.27. The van der Waals surface area contributed by atoms with E-state index in [1.54, 1.807) is 4.68 Å². The molecule has 1 aliphatic rings. The van der Waals surface area contributed by atoms with Crippen molar-refractivity contribution in [2.45, 2.75) is 38.3 Å². The molecule has 2 amide bonds. The van der Waals surface area contributed by atoms with Gasteiger partial charge in [0.05, 0.1) is 5.69 Å². The molecule has 1 aromatic rings. The van der Waals surface area contributed by atoms with Crippen LogP contribution in [-0.2, 0) is 24.8 Å². The lowest BCUT2D eigenvalue weighted by atomic mass is 10.2. The van der Waals surface area contributed by atoms with E-state index in [0.717, 1.165) is 17.7 Å². The quantitative estimate of drug-likeness (QED) is 0.718. The summed E-state index contributed by atoms with van der Waals surface area (Å²) in [5, 5.41) is 18.4. The van der Waals surface area contributed by atoms with Gasteiger partial charge in [0.1, 0.15) is 5.54 Å². The Labute approximate surface area is 111 Å². The summed E-state index contributed by atoms with van der Waals surface area (Å²) in [6, 6.07) is -0.453. The van der Waals surface area contributed by atoms with Gasteiger partial charge in [0, 0.05) is 25.4 Å². The number of urea groups is 1. The first-order chi connectivity index (χ1) is 8.97. The molecular weight excluding hydrogens is 248 g/mol. The number of hydrogen-bond acceptors (Lipinski definition) is 3. The molecule has 104 valence electrons. The van der Waals surface area contributed by atoms with Gasteiger partial charge in [-0.1, -0.05) is 6.92 Å². The molecule has 1 aromatic heterocycles. The van der Waals surface area contributed by atoms with E-state index in [-0.39, 0.29) is 0 Å². The Balaban J connectivity index is 1.88. The highest BCUT2D eigenvalue weighted by Gasteiger charge is 2.51. The van der Waals surface area contributed by atoms with Gasteiger partial charge in [0.15, 0.2) is 0 Å². The zero-order valence-corrected chi connectivity index (χ0v) is 11.1. The van der Waals surface area contributed by atoms with Crippen LogP contribution in [0.2, 0.25) is 0 Å². The molecule has 1 fully saturated rings. The second kappa shape index (κ2) is 4.91. The molecule has 19 heavy (non-hydrogen) atoms. The number of rotatable bonds is 5. The smallest absolute Gasteiger partial charge is 0.329 e. The Morgan fingerprint density at radius 2 is 2.21 bits per heavy atom. The summed E-state index contributed by atoms with van der Waals surface area (Å²) in [4.78, 5) is 22.6. The first kappa shape index (κ1) is 13.4.